The minimum absolute atomic E-state index is 0.00317. The van der Waals surface area contributed by atoms with Gasteiger partial charge in [-0.25, -0.2) is 9.48 Å². The third-order valence-corrected chi connectivity index (χ3v) is 3.08. The van der Waals surface area contributed by atoms with Crippen molar-refractivity contribution in [2.75, 3.05) is 0 Å². The van der Waals surface area contributed by atoms with Crippen molar-refractivity contribution in [1.29, 1.82) is 0 Å². The molecular weight excluding hydrogens is 276 g/mol. The summed E-state index contributed by atoms with van der Waals surface area (Å²) in [7, 11) is 0. The number of carboxylic acid groups (broad SMARTS) is 1. The van der Waals surface area contributed by atoms with Crippen LogP contribution in [0.15, 0.2) is 18.2 Å². The second-order valence-corrected chi connectivity index (χ2v) is 4.92. The molecule has 8 nitrogen and oxygen atoms in total. The van der Waals surface area contributed by atoms with Crippen LogP contribution in [0.3, 0.4) is 0 Å². The molecule has 0 radical (unpaired) electrons. The lowest BCUT2D eigenvalue weighted by Gasteiger charge is -2.10. The van der Waals surface area contributed by atoms with E-state index in [4.69, 9.17) is 5.11 Å². The fourth-order valence-electron chi connectivity index (χ4n) is 2.13. The highest BCUT2D eigenvalue weighted by Crippen LogP contribution is 2.25. The number of aromatic nitrogens is 3. The molecule has 0 atom stereocenters. The summed E-state index contributed by atoms with van der Waals surface area (Å²) in [5.74, 6) is -1.26. The van der Waals surface area contributed by atoms with Crippen LogP contribution in [0.5, 0.6) is 0 Å². The van der Waals surface area contributed by atoms with Crippen LogP contribution in [-0.2, 0) is 0 Å². The summed E-state index contributed by atoms with van der Waals surface area (Å²) in [6.07, 6.45) is 0. The van der Waals surface area contributed by atoms with E-state index >= 15 is 0 Å². The molecular formula is C13H14N4O4. The average Bonchev–Trinajstić information content (AvgIpc) is 2.82. The number of hydrogen-bond donors (Lipinski definition) is 1. The Kier molecular flexibility index (Phi) is 3.70. The van der Waals surface area contributed by atoms with Crippen molar-refractivity contribution >= 4 is 11.7 Å². The van der Waals surface area contributed by atoms with Crippen LogP contribution in [0.2, 0.25) is 0 Å². The van der Waals surface area contributed by atoms with Gasteiger partial charge in [-0.2, -0.15) is 0 Å². The molecule has 0 amide bonds. The molecule has 1 N–H and O–H groups in total. The number of aryl methyl sites for hydroxylation is 1. The predicted octanol–water partition coefficient (Wildman–Crippen LogP) is 2.31. The van der Waals surface area contributed by atoms with E-state index < -0.39 is 10.9 Å². The van der Waals surface area contributed by atoms with Crippen molar-refractivity contribution in [1.82, 2.24) is 15.0 Å². The van der Waals surface area contributed by atoms with Crippen molar-refractivity contribution in [3.63, 3.8) is 0 Å². The summed E-state index contributed by atoms with van der Waals surface area (Å²) in [5.41, 5.74) is 1.36. The monoisotopic (exact) mass is 290 g/mol. The van der Waals surface area contributed by atoms with E-state index in [1.54, 1.807) is 13.0 Å². The number of nitro benzene ring substituents is 1. The zero-order chi connectivity index (χ0) is 15.7. The average molecular weight is 290 g/mol. The molecule has 0 unspecified atom stereocenters. The van der Waals surface area contributed by atoms with Crippen LogP contribution in [-0.4, -0.2) is 31.0 Å². The van der Waals surface area contributed by atoms with Gasteiger partial charge in [-0.05, 0) is 25.0 Å². The number of hydrogen-bond acceptors (Lipinski definition) is 5. The van der Waals surface area contributed by atoms with Crippen molar-refractivity contribution in [2.24, 2.45) is 0 Å². The molecule has 0 fully saturated rings. The van der Waals surface area contributed by atoms with Crippen LogP contribution >= 0.6 is 0 Å². The zero-order valence-corrected chi connectivity index (χ0v) is 11.8. The minimum Gasteiger partial charge on any atom is -0.476 e. The molecule has 0 aliphatic carbocycles. The van der Waals surface area contributed by atoms with Crippen molar-refractivity contribution in [3.8, 4) is 5.69 Å². The second kappa shape index (κ2) is 5.31. The first-order valence-corrected chi connectivity index (χ1v) is 6.27. The molecule has 0 spiro atoms. The minimum atomic E-state index is -1.15. The number of carbonyl (C=O) groups is 1. The predicted molar refractivity (Wildman–Crippen MR) is 73.8 cm³/mol. The quantitative estimate of drug-likeness (QED) is 0.683. The normalized spacial score (nSPS) is 10.9. The highest BCUT2D eigenvalue weighted by molar-refractivity contribution is 5.86. The van der Waals surface area contributed by atoms with Gasteiger partial charge < -0.3 is 5.11 Å². The van der Waals surface area contributed by atoms with E-state index in [2.05, 4.69) is 10.3 Å². The molecule has 2 rings (SSSR count). The first-order valence-electron chi connectivity index (χ1n) is 6.27. The number of aromatic carboxylic acids is 1. The van der Waals surface area contributed by atoms with E-state index in [1.807, 2.05) is 13.8 Å². The molecule has 0 bridgehead atoms. The highest BCUT2D eigenvalue weighted by atomic mass is 16.6. The van der Waals surface area contributed by atoms with Gasteiger partial charge in [0.05, 0.1) is 16.3 Å². The largest absolute Gasteiger partial charge is 0.476 e. The number of nitro groups is 1. The Morgan fingerprint density at radius 1 is 1.43 bits per heavy atom. The molecule has 8 heteroatoms. The Balaban J connectivity index is 2.60. The SMILES string of the molecule is Cc1cc(-n2nnc(C(=O)O)c2C(C)C)ccc1[N+](=O)[O-]. The molecule has 21 heavy (non-hydrogen) atoms. The van der Waals surface area contributed by atoms with Crippen LogP contribution in [0.1, 0.15) is 41.5 Å². The van der Waals surface area contributed by atoms with Gasteiger partial charge in [0.2, 0.25) is 0 Å². The van der Waals surface area contributed by atoms with E-state index in [0.717, 1.165) is 0 Å². The molecule has 0 saturated carbocycles. The lowest BCUT2D eigenvalue weighted by Crippen LogP contribution is -2.08. The maximum absolute atomic E-state index is 11.2. The molecule has 0 aliphatic rings. The van der Waals surface area contributed by atoms with Gasteiger partial charge >= 0.3 is 5.97 Å². The van der Waals surface area contributed by atoms with Gasteiger partial charge in [0.15, 0.2) is 5.69 Å². The van der Waals surface area contributed by atoms with Crippen LogP contribution in [0.25, 0.3) is 5.69 Å². The number of carboxylic acids is 1. The summed E-state index contributed by atoms with van der Waals surface area (Å²) >= 11 is 0. The molecule has 0 saturated heterocycles. The van der Waals surface area contributed by atoms with Crippen LogP contribution in [0.4, 0.5) is 5.69 Å². The fourth-order valence-corrected chi connectivity index (χ4v) is 2.13. The molecule has 1 heterocycles. The summed E-state index contributed by atoms with van der Waals surface area (Å²) in [4.78, 5) is 21.5. The number of rotatable bonds is 4. The standard InChI is InChI=1S/C13H14N4O4/c1-7(2)12-11(13(18)19)14-15-16(12)9-4-5-10(17(20)21)8(3)6-9/h4-7H,1-3H3,(H,18,19). The van der Waals surface area contributed by atoms with Gasteiger partial charge in [0.1, 0.15) is 0 Å². The van der Waals surface area contributed by atoms with E-state index in [-0.39, 0.29) is 17.3 Å². The van der Waals surface area contributed by atoms with Gasteiger partial charge in [-0.15, -0.1) is 5.10 Å². The lowest BCUT2D eigenvalue weighted by atomic mass is 10.1. The molecule has 1 aromatic heterocycles. The smallest absolute Gasteiger partial charge is 0.358 e. The van der Waals surface area contributed by atoms with Crippen molar-refractivity contribution < 1.29 is 14.8 Å². The Morgan fingerprint density at radius 3 is 2.57 bits per heavy atom. The molecule has 2 aromatic rings. The Morgan fingerprint density at radius 2 is 2.10 bits per heavy atom. The van der Waals surface area contributed by atoms with Gasteiger partial charge in [-0.1, -0.05) is 19.1 Å². The summed E-state index contributed by atoms with van der Waals surface area (Å²) in [6, 6.07) is 4.48. The number of benzene rings is 1. The molecule has 0 aliphatic heterocycles. The Labute approximate surface area is 120 Å². The topological polar surface area (TPSA) is 111 Å². The maximum Gasteiger partial charge on any atom is 0.358 e. The van der Waals surface area contributed by atoms with Gasteiger partial charge in [0.25, 0.3) is 5.69 Å². The Hall–Kier alpha value is -2.77. The summed E-state index contributed by atoms with van der Waals surface area (Å²) in [6.45, 7) is 5.28. The highest BCUT2D eigenvalue weighted by Gasteiger charge is 2.23. The molecule has 1 aromatic carbocycles. The Bertz CT molecular complexity index is 721. The second-order valence-electron chi connectivity index (χ2n) is 4.92. The summed E-state index contributed by atoms with van der Waals surface area (Å²) < 4.78 is 1.41. The van der Waals surface area contributed by atoms with Gasteiger partial charge in [-0.3, -0.25) is 10.1 Å². The third-order valence-electron chi connectivity index (χ3n) is 3.08. The van der Waals surface area contributed by atoms with E-state index in [1.165, 1.54) is 16.8 Å². The van der Waals surface area contributed by atoms with Crippen LogP contribution < -0.4 is 0 Å². The first-order chi connectivity index (χ1) is 9.82. The van der Waals surface area contributed by atoms with E-state index in [0.29, 0.717) is 16.9 Å². The fraction of sp³-hybridized carbons (Fsp3) is 0.308. The zero-order valence-electron chi connectivity index (χ0n) is 11.8. The first kappa shape index (κ1) is 14.6. The third kappa shape index (κ3) is 2.60. The van der Waals surface area contributed by atoms with Crippen molar-refractivity contribution in [2.45, 2.75) is 26.7 Å². The molecule has 110 valence electrons. The number of nitrogens with zero attached hydrogens (tertiary/aromatic N) is 4. The van der Waals surface area contributed by atoms with Crippen molar-refractivity contribution in [3.05, 3.63) is 45.3 Å². The maximum atomic E-state index is 11.2. The van der Waals surface area contributed by atoms with Gasteiger partial charge in [0, 0.05) is 11.6 Å². The van der Waals surface area contributed by atoms with E-state index in [9.17, 15) is 14.9 Å². The van der Waals surface area contributed by atoms with Crippen LogP contribution in [0, 0.1) is 17.0 Å². The summed E-state index contributed by atoms with van der Waals surface area (Å²) in [5, 5.41) is 27.5. The lowest BCUT2D eigenvalue weighted by molar-refractivity contribution is -0.385.